The Bertz CT molecular complexity index is 660. The average Bonchev–Trinajstić information content (AvgIpc) is 2.54. The molecule has 1 aromatic heterocycles. The molecular weight excluding hydrogens is 268 g/mol. The van der Waals surface area contributed by atoms with Crippen LogP contribution in [0.3, 0.4) is 0 Å². The summed E-state index contributed by atoms with van der Waals surface area (Å²) in [5.41, 5.74) is 3.67. The van der Waals surface area contributed by atoms with E-state index in [1.54, 1.807) is 42.7 Å². The summed E-state index contributed by atoms with van der Waals surface area (Å²) in [4.78, 5) is 15.4. The molecule has 0 spiro atoms. The Morgan fingerprint density at radius 3 is 2.86 bits per heavy atom. The van der Waals surface area contributed by atoms with Gasteiger partial charge in [0.2, 0.25) is 0 Å². The van der Waals surface area contributed by atoms with Gasteiger partial charge in [0.05, 0.1) is 17.8 Å². The lowest BCUT2D eigenvalue weighted by atomic mass is 10.2. The molecule has 6 nitrogen and oxygen atoms in total. The fraction of sp³-hybridized carbons (Fsp3) is 0.0667. The fourth-order valence-corrected chi connectivity index (χ4v) is 1.44. The number of aromatic nitrogens is 1. The standard InChI is InChI=1S/C15H12N4O2/c16-8-12-3-5-14(6-4-12)21-11-15(20)19-18-10-13-2-1-7-17-9-13/h1-7,9-10H,11H2,(H,19,20)/b18-10-. The van der Waals surface area contributed by atoms with Crippen LogP contribution in [-0.2, 0) is 4.79 Å². The summed E-state index contributed by atoms with van der Waals surface area (Å²) in [6.45, 7) is -0.156. The molecule has 0 saturated heterocycles. The summed E-state index contributed by atoms with van der Waals surface area (Å²) in [6, 6.07) is 12.1. The molecule has 0 radical (unpaired) electrons. The molecule has 1 N–H and O–H groups in total. The van der Waals surface area contributed by atoms with E-state index in [9.17, 15) is 4.79 Å². The minimum absolute atomic E-state index is 0.156. The topological polar surface area (TPSA) is 87.4 Å². The lowest BCUT2D eigenvalue weighted by Gasteiger charge is -2.04. The molecule has 0 aliphatic rings. The predicted octanol–water partition coefficient (Wildman–Crippen LogP) is 1.48. The van der Waals surface area contributed by atoms with Crippen molar-refractivity contribution in [3.05, 3.63) is 59.9 Å². The molecule has 1 amide bonds. The lowest BCUT2D eigenvalue weighted by molar-refractivity contribution is -0.123. The molecule has 0 saturated carbocycles. The van der Waals surface area contributed by atoms with Crippen molar-refractivity contribution >= 4 is 12.1 Å². The number of nitrogens with one attached hydrogen (secondary N) is 1. The van der Waals surface area contributed by atoms with Crippen molar-refractivity contribution < 1.29 is 9.53 Å². The van der Waals surface area contributed by atoms with Crippen molar-refractivity contribution in [2.75, 3.05) is 6.61 Å². The van der Waals surface area contributed by atoms with Crippen LogP contribution in [-0.4, -0.2) is 23.7 Å². The molecule has 1 aromatic carbocycles. The SMILES string of the molecule is N#Cc1ccc(OCC(=O)N/N=C\c2cccnc2)cc1. The summed E-state index contributed by atoms with van der Waals surface area (Å²) in [6.07, 6.45) is 4.77. The quantitative estimate of drug-likeness (QED) is 0.664. The molecule has 0 bridgehead atoms. The molecule has 0 atom stereocenters. The molecule has 0 aliphatic carbocycles. The molecule has 0 unspecified atom stereocenters. The van der Waals surface area contributed by atoms with E-state index >= 15 is 0 Å². The van der Waals surface area contributed by atoms with Crippen LogP contribution in [0, 0.1) is 11.3 Å². The van der Waals surface area contributed by atoms with E-state index in [4.69, 9.17) is 10.00 Å². The summed E-state index contributed by atoms with van der Waals surface area (Å²) >= 11 is 0. The van der Waals surface area contributed by atoms with Crippen LogP contribution in [0.15, 0.2) is 53.9 Å². The smallest absolute Gasteiger partial charge is 0.277 e. The van der Waals surface area contributed by atoms with Crippen LogP contribution >= 0.6 is 0 Å². The van der Waals surface area contributed by atoms with Crippen LogP contribution < -0.4 is 10.2 Å². The van der Waals surface area contributed by atoms with E-state index in [0.717, 1.165) is 5.56 Å². The number of carbonyl (C=O) groups excluding carboxylic acids is 1. The van der Waals surface area contributed by atoms with E-state index < -0.39 is 0 Å². The zero-order chi connectivity index (χ0) is 14.9. The average molecular weight is 280 g/mol. The van der Waals surface area contributed by atoms with Gasteiger partial charge in [0, 0.05) is 18.0 Å². The number of nitrogens with zero attached hydrogens (tertiary/aromatic N) is 3. The Hall–Kier alpha value is -3.20. The molecule has 0 aliphatic heterocycles. The van der Waals surface area contributed by atoms with Gasteiger partial charge in [-0.15, -0.1) is 0 Å². The van der Waals surface area contributed by atoms with E-state index in [-0.39, 0.29) is 12.5 Å². The summed E-state index contributed by atoms with van der Waals surface area (Å²) in [7, 11) is 0. The highest BCUT2D eigenvalue weighted by Crippen LogP contribution is 2.11. The van der Waals surface area contributed by atoms with Crippen molar-refractivity contribution in [1.82, 2.24) is 10.4 Å². The number of rotatable bonds is 5. The first kappa shape index (κ1) is 14.2. The molecule has 6 heteroatoms. The van der Waals surface area contributed by atoms with Gasteiger partial charge in [0.1, 0.15) is 5.75 Å². The number of benzene rings is 1. The van der Waals surface area contributed by atoms with Gasteiger partial charge in [-0.3, -0.25) is 9.78 Å². The number of hydrazone groups is 1. The van der Waals surface area contributed by atoms with Crippen LogP contribution in [0.1, 0.15) is 11.1 Å². The normalized spacial score (nSPS) is 10.0. The number of pyridine rings is 1. The minimum atomic E-state index is -0.375. The highest BCUT2D eigenvalue weighted by Gasteiger charge is 2.01. The molecule has 1 heterocycles. The van der Waals surface area contributed by atoms with Crippen molar-refractivity contribution in [3.8, 4) is 11.8 Å². The number of nitriles is 1. The first-order valence-corrected chi connectivity index (χ1v) is 6.13. The maximum Gasteiger partial charge on any atom is 0.277 e. The van der Waals surface area contributed by atoms with Gasteiger partial charge in [-0.25, -0.2) is 5.43 Å². The fourth-order valence-electron chi connectivity index (χ4n) is 1.44. The van der Waals surface area contributed by atoms with Crippen LogP contribution in [0.5, 0.6) is 5.75 Å². The summed E-state index contributed by atoms with van der Waals surface area (Å²) in [5, 5.41) is 12.5. The zero-order valence-electron chi connectivity index (χ0n) is 11.1. The second kappa shape index (κ2) is 7.40. The van der Waals surface area contributed by atoms with Gasteiger partial charge in [-0.05, 0) is 30.3 Å². The maximum atomic E-state index is 11.5. The first-order valence-electron chi connectivity index (χ1n) is 6.13. The molecule has 104 valence electrons. The maximum absolute atomic E-state index is 11.5. The lowest BCUT2D eigenvalue weighted by Crippen LogP contribution is -2.24. The Balaban J connectivity index is 1.77. The third-order valence-corrected chi connectivity index (χ3v) is 2.44. The number of hydrogen-bond donors (Lipinski definition) is 1. The predicted molar refractivity (Wildman–Crippen MR) is 76.6 cm³/mol. The minimum Gasteiger partial charge on any atom is -0.484 e. The first-order chi connectivity index (χ1) is 10.3. The number of carbonyl (C=O) groups is 1. The van der Waals surface area contributed by atoms with Crippen LogP contribution in [0.25, 0.3) is 0 Å². The van der Waals surface area contributed by atoms with Gasteiger partial charge in [-0.1, -0.05) is 6.07 Å². The summed E-state index contributed by atoms with van der Waals surface area (Å²) in [5.74, 6) is 0.139. The van der Waals surface area contributed by atoms with Crippen LogP contribution in [0.4, 0.5) is 0 Å². The van der Waals surface area contributed by atoms with Crippen molar-refractivity contribution in [3.63, 3.8) is 0 Å². The van der Waals surface area contributed by atoms with Crippen molar-refractivity contribution in [1.29, 1.82) is 5.26 Å². The summed E-state index contributed by atoms with van der Waals surface area (Å²) < 4.78 is 5.26. The van der Waals surface area contributed by atoms with Gasteiger partial charge in [0.25, 0.3) is 5.91 Å². The second-order valence-corrected chi connectivity index (χ2v) is 4.00. The Kier molecular flexibility index (Phi) is 5.01. The Labute approximate surface area is 121 Å². The molecular formula is C15H12N4O2. The van der Waals surface area contributed by atoms with Gasteiger partial charge < -0.3 is 4.74 Å². The highest BCUT2D eigenvalue weighted by molar-refractivity contribution is 5.82. The highest BCUT2D eigenvalue weighted by atomic mass is 16.5. The monoisotopic (exact) mass is 280 g/mol. The van der Waals surface area contributed by atoms with Crippen molar-refractivity contribution in [2.24, 2.45) is 5.10 Å². The molecule has 21 heavy (non-hydrogen) atoms. The van der Waals surface area contributed by atoms with E-state index in [1.165, 1.54) is 6.21 Å². The van der Waals surface area contributed by atoms with Gasteiger partial charge in [-0.2, -0.15) is 10.4 Å². The van der Waals surface area contributed by atoms with Crippen molar-refractivity contribution in [2.45, 2.75) is 0 Å². The van der Waals surface area contributed by atoms with Gasteiger partial charge in [0.15, 0.2) is 6.61 Å². The largest absolute Gasteiger partial charge is 0.484 e. The molecule has 0 fully saturated rings. The number of amides is 1. The third-order valence-electron chi connectivity index (χ3n) is 2.44. The molecule has 2 aromatic rings. The number of ether oxygens (including phenoxy) is 1. The second-order valence-electron chi connectivity index (χ2n) is 4.00. The zero-order valence-corrected chi connectivity index (χ0v) is 11.1. The van der Waals surface area contributed by atoms with E-state index in [1.807, 2.05) is 12.1 Å². The Morgan fingerprint density at radius 2 is 2.19 bits per heavy atom. The van der Waals surface area contributed by atoms with Gasteiger partial charge >= 0.3 is 0 Å². The molecule has 2 rings (SSSR count). The Morgan fingerprint density at radius 1 is 1.38 bits per heavy atom. The number of hydrogen-bond acceptors (Lipinski definition) is 5. The third kappa shape index (κ3) is 4.76. The van der Waals surface area contributed by atoms with E-state index in [0.29, 0.717) is 11.3 Å². The van der Waals surface area contributed by atoms with E-state index in [2.05, 4.69) is 15.5 Å². The van der Waals surface area contributed by atoms with Crippen LogP contribution in [0.2, 0.25) is 0 Å².